The van der Waals surface area contributed by atoms with E-state index < -0.39 is 0 Å². The second-order valence-electron chi connectivity index (χ2n) is 4.21. The molecule has 3 heteroatoms. The number of aromatic nitrogens is 1. The molecule has 2 aromatic rings. The molecule has 1 heterocycles. The number of phenols is 1. The Morgan fingerprint density at radius 3 is 2.76 bits per heavy atom. The number of phenolic OH excluding ortho intramolecular Hbond substituents is 1. The van der Waals surface area contributed by atoms with Crippen LogP contribution in [-0.2, 0) is 13.1 Å². The first-order valence-corrected chi connectivity index (χ1v) is 5.87. The second-order valence-corrected chi connectivity index (χ2v) is 4.21. The van der Waals surface area contributed by atoms with Crippen molar-refractivity contribution >= 4 is 5.69 Å². The number of nitrogens with one attached hydrogen (secondary N) is 1. The molecule has 0 saturated heterocycles. The summed E-state index contributed by atoms with van der Waals surface area (Å²) in [4.78, 5) is 0. The molecule has 1 aromatic heterocycles. The Morgan fingerprint density at radius 1 is 1.29 bits per heavy atom. The summed E-state index contributed by atoms with van der Waals surface area (Å²) in [6, 6.07) is 7.67. The van der Waals surface area contributed by atoms with Crippen LogP contribution < -0.4 is 5.32 Å². The molecule has 0 saturated carbocycles. The van der Waals surface area contributed by atoms with Crippen LogP contribution in [0.25, 0.3) is 0 Å². The first-order chi connectivity index (χ1) is 8.19. The zero-order valence-corrected chi connectivity index (χ0v) is 10.3. The summed E-state index contributed by atoms with van der Waals surface area (Å²) in [6.07, 6.45) is 4.22. The number of aryl methyl sites for hydroxylation is 2. The quantitative estimate of drug-likeness (QED) is 0.792. The van der Waals surface area contributed by atoms with Crippen molar-refractivity contribution in [1.29, 1.82) is 0 Å². The maximum absolute atomic E-state index is 9.43. The van der Waals surface area contributed by atoms with Crippen LogP contribution in [0.5, 0.6) is 5.75 Å². The highest BCUT2D eigenvalue weighted by Gasteiger charge is 1.99. The van der Waals surface area contributed by atoms with E-state index >= 15 is 0 Å². The van der Waals surface area contributed by atoms with Crippen LogP contribution in [0.3, 0.4) is 0 Å². The van der Waals surface area contributed by atoms with E-state index in [1.807, 2.05) is 19.1 Å². The zero-order valence-electron chi connectivity index (χ0n) is 10.3. The van der Waals surface area contributed by atoms with Gasteiger partial charge in [-0.15, -0.1) is 0 Å². The monoisotopic (exact) mass is 230 g/mol. The molecule has 2 N–H and O–H groups in total. The molecular formula is C14H18N2O. The molecule has 90 valence electrons. The highest BCUT2D eigenvalue weighted by Crippen LogP contribution is 2.20. The minimum atomic E-state index is 0.340. The minimum Gasteiger partial charge on any atom is -0.508 e. The Bertz CT molecular complexity index is 503. The smallest absolute Gasteiger partial charge is 0.118 e. The van der Waals surface area contributed by atoms with Crippen molar-refractivity contribution in [1.82, 2.24) is 4.57 Å². The van der Waals surface area contributed by atoms with Gasteiger partial charge in [0, 0.05) is 31.2 Å². The van der Waals surface area contributed by atoms with Crippen LogP contribution >= 0.6 is 0 Å². The SMILES string of the molecule is CCn1ccc(CNc2ccc(O)c(C)c2)c1. The molecule has 0 fully saturated rings. The molecule has 0 spiro atoms. The molecule has 0 aliphatic heterocycles. The predicted octanol–water partition coefficient (Wildman–Crippen LogP) is 3.13. The summed E-state index contributed by atoms with van der Waals surface area (Å²) in [6.45, 7) is 5.82. The third-order valence-corrected chi connectivity index (χ3v) is 2.87. The van der Waals surface area contributed by atoms with E-state index in [1.54, 1.807) is 6.07 Å². The van der Waals surface area contributed by atoms with E-state index in [-0.39, 0.29) is 0 Å². The van der Waals surface area contributed by atoms with Gasteiger partial charge in [-0.3, -0.25) is 0 Å². The van der Waals surface area contributed by atoms with Crippen molar-refractivity contribution in [3.63, 3.8) is 0 Å². The van der Waals surface area contributed by atoms with Gasteiger partial charge < -0.3 is 15.0 Å². The van der Waals surface area contributed by atoms with Gasteiger partial charge in [-0.25, -0.2) is 0 Å². The maximum Gasteiger partial charge on any atom is 0.118 e. The van der Waals surface area contributed by atoms with Crippen molar-refractivity contribution in [2.75, 3.05) is 5.32 Å². The lowest BCUT2D eigenvalue weighted by Gasteiger charge is -2.07. The molecule has 2 rings (SSSR count). The highest BCUT2D eigenvalue weighted by molar-refractivity contribution is 5.50. The van der Waals surface area contributed by atoms with Gasteiger partial charge in [0.1, 0.15) is 5.75 Å². The third kappa shape index (κ3) is 2.81. The first kappa shape index (κ1) is 11.6. The molecule has 0 atom stereocenters. The fourth-order valence-corrected chi connectivity index (χ4v) is 1.76. The Morgan fingerprint density at radius 2 is 2.12 bits per heavy atom. The average molecular weight is 230 g/mol. The molecule has 0 aliphatic rings. The summed E-state index contributed by atoms with van der Waals surface area (Å²) >= 11 is 0. The molecular weight excluding hydrogens is 212 g/mol. The summed E-state index contributed by atoms with van der Waals surface area (Å²) in [5.41, 5.74) is 3.18. The van der Waals surface area contributed by atoms with Crippen molar-refractivity contribution < 1.29 is 5.11 Å². The number of benzene rings is 1. The number of nitrogens with zero attached hydrogens (tertiary/aromatic N) is 1. The second kappa shape index (κ2) is 4.95. The standard InChI is InChI=1S/C14H18N2O/c1-3-16-7-6-12(10-16)9-15-13-4-5-14(17)11(2)8-13/h4-8,10,15,17H,3,9H2,1-2H3. The Hall–Kier alpha value is -1.90. The van der Waals surface area contributed by atoms with Gasteiger partial charge in [0.05, 0.1) is 0 Å². The highest BCUT2D eigenvalue weighted by atomic mass is 16.3. The molecule has 17 heavy (non-hydrogen) atoms. The topological polar surface area (TPSA) is 37.2 Å². The third-order valence-electron chi connectivity index (χ3n) is 2.87. The van der Waals surface area contributed by atoms with E-state index in [9.17, 15) is 5.11 Å². The average Bonchev–Trinajstić information content (AvgIpc) is 2.79. The molecule has 3 nitrogen and oxygen atoms in total. The zero-order chi connectivity index (χ0) is 12.3. The summed E-state index contributed by atoms with van der Waals surface area (Å²) in [5, 5.41) is 12.8. The Kier molecular flexibility index (Phi) is 3.38. The van der Waals surface area contributed by atoms with Crippen molar-refractivity contribution in [3.05, 3.63) is 47.8 Å². The Balaban J connectivity index is 1.99. The lowest BCUT2D eigenvalue weighted by Crippen LogP contribution is -1.98. The molecule has 0 unspecified atom stereocenters. The fourth-order valence-electron chi connectivity index (χ4n) is 1.76. The number of anilines is 1. The minimum absolute atomic E-state index is 0.340. The molecule has 0 radical (unpaired) electrons. The number of aromatic hydroxyl groups is 1. The van der Waals surface area contributed by atoms with Crippen LogP contribution in [0.15, 0.2) is 36.7 Å². The summed E-state index contributed by atoms with van der Waals surface area (Å²) in [7, 11) is 0. The van der Waals surface area contributed by atoms with Gasteiger partial charge in [0.15, 0.2) is 0 Å². The molecule has 0 bridgehead atoms. The van der Waals surface area contributed by atoms with Gasteiger partial charge in [-0.05, 0) is 49.2 Å². The van der Waals surface area contributed by atoms with Crippen LogP contribution in [0, 0.1) is 6.92 Å². The van der Waals surface area contributed by atoms with E-state index in [1.165, 1.54) is 5.56 Å². The molecule has 1 aromatic carbocycles. The van der Waals surface area contributed by atoms with Crippen molar-refractivity contribution in [2.45, 2.75) is 26.9 Å². The van der Waals surface area contributed by atoms with Gasteiger partial charge in [-0.2, -0.15) is 0 Å². The van der Waals surface area contributed by atoms with Gasteiger partial charge in [0.25, 0.3) is 0 Å². The van der Waals surface area contributed by atoms with Crippen LogP contribution in [0.4, 0.5) is 5.69 Å². The first-order valence-electron chi connectivity index (χ1n) is 5.87. The normalized spacial score (nSPS) is 10.5. The van der Waals surface area contributed by atoms with Gasteiger partial charge >= 0.3 is 0 Å². The number of hydrogen-bond donors (Lipinski definition) is 2. The maximum atomic E-state index is 9.43. The van der Waals surface area contributed by atoms with Crippen LogP contribution in [0.2, 0.25) is 0 Å². The number of hydrogen-bond acceptors (Lipinski definition) is 2. The van der Waals surface area contributed by atoms with Crippen LogP contribution in [-0.4, -0.2) is 9.67 Å². The Labute approximate surface area is 102 Å². The van der Waals surface area contributed by atoms with Crippen molar-refractivity contribution in [2.24, 2.45) is 0 Å². The lowest BCUT2D eigenvalue weighted by atomic mass is 10.2. The van der Waals surface area contributed by atoms with Crippen molar-refractivity contribution in [3.8, 4) is 5.75 Å². The fraction of sp³-hybridized carbons (Fsp3) is 0.286. The number of rotatable bonds is 4. The van der Waals surface area contributed by atoms with E-state index in [0.717, 1.165) is 24.3 Å². The molecule has 0 aliphatic carbocycles. The lowest BCUT2D eigenvalue weighted by molar-refractivity contribution is 0.471. The summed E-state index contributed by atoms with van der Waals surface area (Å²) < 4.78 is 2.15. The largest absolute Gasteiger partial charge is 0.508 e. The van der Waals surface area contributed by atoms with E-state index in [2.05, 4.69) is 35.3 Å². The van der Waals surface area contributed by atoms with E-state index in [0.29, 0.717) is 5.75 Å². The van der Waals surface area contributed by atoms with Gasteiger partial charge in [-0.1, -0.05) is 0 Å². The predicted molar refractivity (Wildman–Crippen MR) is 70.3 cm³/mol. The van der Waals surface area contributed by atoms with Crippen LogP contribution in [0.1, 0.15) is 18.1 Å². The molecule has 0 amide bonds. The summed E-state index contributed by atoms with van der Waals surface area (Å²) in [5.74, 6) is 0.340. The van der Waals surface area contributed by atoms with Gasteiger partial charge in [0.2, 0.25) is 0 Å². The van der Waals surface area contributed by atoms with E-state index in [4.69, 9.17) is 0 Å².